The van der Waals surface area contributed by atoms with E-state index >= 15 is 0 Å². The predicted octanol–water partition coefficient (Wildman–Crippen LogP) is 0.570. The molecule has 1 heterocycles. The lowest BCUT2D eigenvalue weighted by atomic mass is 10.1. The topological polar surface area (TPSA) is 109 Å². The zero-order valence-electron chi connectivity index (χ0n) is 14.4. The molecule has 1 saturated heterocycles. The van der Waals surface area contributed by atoms with Gasteiger partial charge in [0.1, 0.15) is 0 Å². The molecule has 1 aliphatic heterocycles. The molecule has 8 nitrogen and oxygen atoms in total. The molecule has 2 rings (SSSR count). The lowest BCUT2D eigenvalue weighted by molar-refractivity contribution is -0.121. The molecule has 0 aromatic carbocycles. The summed E-state index contributed by atoms with van der Waals surface area (Å²) in [4.78, 5) is 29.2. The van der Waals surface area contributed by atoms with Gasteiger partial charge in [-0.05, 0) is 39.0 Å². The molecule has 8 heteroatoms. The summed E-state index contributed by atoms with van der Waals surface area (Å²) in [6.45, 7) is 4.06. The van der Waals surface area contributed by atoms with E-state index in [0.29, 0.717) is 51.1 Å². The number of amides is 2. The van der Waals surface area contributed by atoms with Crippen molar-refractivity contribution in [2.45, 2.75) is 57.5 Å². The Labute approximate surface area is 143 Å². The van der Waals surface area contributed by atoms with Crippen LogP contribution < -0.4 is 16.4 Å². The van der Waals surface area contributed by atoms with Gasteiger partial charge in [-0.15, -0.1) is 0 Å². The molecule has 0 radical (unpaired) electrons. The van der Waals surface area contributed by atoms with Crippen LogP contribution in [0.1, 0.15) is 45.4 Å². The molecule has 1 saturated carbocycles. The van der Waals surface area contributed by atoms with E-state index in [1.807, 2.05) is 0 Å². The van der Waals surface area contributed by atoms with Gasteiger partial charge in [-0.1, -0.05) is 0 Å². The number of carbonyl (C=O) groups excluding carboxylic acids is 2. The molecule has 2 fully saturated rings. The minimum Gasteiger partial charge on any atom is -0.450 e. The molecular formula is C16H29N5O3. The van der Waals surface area contributed by atoms with Crippen molar-refractivity contribution in [1.82, 2.24) is 15.5 Å². The highest BCUT2D eigenvalue weighted by Crippen LogP contribution is 2.18. The van der Waals surface area contributed by atoms with Gasteiger partial charge in [-0.2, -0.15) is 0 Å². The molecule has 136 valence electrons. The molecule has 0 unspecified atom stereocenters. The van der Waals surface area contributed by atoms with Crippen molar-refractivity contribution in [2.24, 2.45) is 10.7 Å². The van der Waals surface area contributed by atoms with Crippen molar-refractivity contribution >= 4 is 18.0 Å². The molecule has 1 aliphatic carbocycles. The molecule has 2 aliphatic rings. The summed E-state index contributed by atoms with van der Waals surface area (Å²) in [5.41, 5.74) is 5.89. The van der Waals surface area contributed by atoms with Crippen LogP contribution in [0.5, 0.6) is 0 Å². The smallest absolute Gasteiger partial charge is 0.409 e. The lowest BCUT2D eigenvalue weighted by Gasteiger charge is -2.31. The van der Waals surface area contributed by atoms with E-state index in [9.17, 15) is 9.59 Å². The number of carbonyl (C=O) groups is 2. The van der Waals surface area contributed by atoms with Crippen LogP contribution in [0.4, 0.5) is 4.79 Å². The fraction of sp³-hybridized carbons (Fsp3) is 0.812. The molecule has 0 aromatic heterocycles. The van der Waals surface area contributed by atoms with Gasteiger partial charge in [-0.3, -0.25) is 9.79 Å². The number of likely N-dealkylation sites (tertiary alicyclic amines) is 1. The number of nitrogens with two attached hydrogens (primary N) is 1. The molecule has 0 aromatic rings. The molecule has 0 bridgehead atoms. The van der Waals surface area contributed by atoms with Crippen LogP contribution in [0.25, 0.3) is 0 Å². The first-order valence-electron chi connectivity index (χ1n) is 8.86. The summed E-state index contributed by atoms with van der Waals surface area (Å²) in [5, 5.41) is 6.14. The van der Waals surface area contributed by atoms with Crippen LogP contribution in [-0.4, -0.2) is 61.2 Å². The van der Waals surface area contributed by atoms with Crippen LogP contribution in [-0.2, 0) is 9.53 Å². The third-order valence-corrected chi connectivity index (χ3v) is 4.16. The van der Waals surface area contributed by atoms with E-state index in [2.05, 4.69) is 15.6 Å². The monoisotopic (exact) mass is 339 g/mol. The second-order valence-corrected chi connectivity index (χ2v) is 6.32. The fourth-order valence-corrected chi connectivity index (χ4v) is 2.64. The van der Waals surface area contributed by atoms with Gasteiger partial charge < -0.3 is 26.0 Å². The number of aliphatic imine (C=N–C) groups is 1. The third kappa shape index (κ3) is 6.64. The summed E-state index contributed by atoms with van der Waals surface area (Å²) in [7, 11) is 0. The van der Waals surface area contributed by atoms with E-state index in [-0.39, 0.29) is 18.0 Å². The molecule has 0 atom stereocenters. The zero-order chi connectivity index (χ0) is 17.4. The maximum atomic E-state index is 11.6. The summed E-state index contributed by atoms with van der Waals surface area (Å²) < 4.78 is 5.00. The number of ether oxygens (including phenoxy) is 1. The first kappa shape index (κ1) is 18.4. The number of nitrogens with zero attached hydrogens (tertiary/aromatic N) is 2. The number of rotatable bonds is 7. The van der Waals surface area contributed by atoms with Gasteiger partial charge in [0.05, 0.1) is 6.61 Å². The van der Waals surface area contributed by atoms with Crippen molar-refractivity contribution in [2.75, 3.05) is 26.2 Å². The van der Waals surface area contributed by atoms with Gasteiger partial charge in [0.15, 0.2) is 5.96 Å². The standard InChI is InChI=1S/C16H29N5O3/c1-2-24-16(23)21-10-7-13(8-11-21)20-15(17)18-9-3-4-14(22)19-12-5-6-12/h12-13H,2-11H2,1H3,(H,19,22)(H3,17,18,20). The normalized spacial score (nSPS) is 19.0. The fourth-order valence-electron chi connectivity index (χ4n) is 2.64. The lowest BCUT2D eigenvalue weighted by Crippen LogP contribution is -2.48. The highest BCUT2D eigenvalue weighted by atomic mass is 16.6. The Kier molecular flexibility index (Phi) is 7.14. The Hall–Kier alpha value is -1.99. The molecular weight excluding hydrogens is 310 g/mol. The third-order valence-electron chi connectivity index (χ3n) is 4.16. The number of nitrogens with one attached hydrogen (secondary N) is 2. The zero-order valence-corrected chi connectivity index (χ0v) is 14.4. The highest BCUT2D eigenvalue weighted by Gasteiger charge is 2.24. The largest absolute Gasteiger partial charge is 0.450 e. The Morgan fingerprint density at radius 3 is 2.46 bits per heavy atom. The second-order valence-electron chi connectivity index (χ2n) is 6.32. The highest BCUT2D eigenvalue weighted by molar-refractivity contribution is 5.78. The van der Waals surface area contributed by atoms with Crippen LogP contribution in [0.15, 0.2) is 4.99 Å². The predicted molar refractivity (Wildman–Crippen MR) is 91.6 cm³/mol. The molecule has 0 spiro atoms. The van der Waals surface area contributed by atoms with E-state index < -0.39 is 0 Å². The molecule has 2 amide bonds. The average molecular weight is 339 g/mol. The first-order chi connectivity index (χ1) is 11.6. The van der Waals surface area contributed by atoms with Crippen molar-refractivity contribution < 1.29 is 14.3 Å². The van der Waals surface area contributed by atoms with Gasteiger partial charge in [0.2, 0.25) is 5.91 Å². The molecule has 24 heavy (non-hydrogen) atoms. The van der Waals surface area contributed by atoms with Crippen LogP contribution >= 0.6 is 0 Å². The van der Waals surface area contributed by atoms with Gasteiger partial charge in [0.25, 0.3) is 0 Å². The van der Waals surface area contributed by atoms with Crippen molar-refractivity contribution in [3.63, 3.8) is 0 Å². The maximum Gasteiger partial charge on any atom is 0.409 e. The van der Waals surface area contributed by atoms with Crippen molar-refractivity contribution in [1.29, 1.82) is 0 Å². The first-order valence-corrected chi connectivity index (χ1v) is 8.86. The number of piperidine rings is 1. The Morgan fingerprint density at radius 1 is 1.17 bits per heavy atom. The van der Waals surface area contributed by atoms with E-state index in [0.717, 1.165) is 25.7 Å². The average Bonchev–Trinajstić information content (AvgIpc) is 3.36. The number of hydrogen-bond acceptors (Lipinski definition) is 4. The Balaban J connectivity index is 1.57. The van der Waals surface area contributed by atoms with Crippen LogP contribution in [0, 0.1) is 0 Å². The minimum atomic E-state index is -0.248. The SMILES string of the molecule is CCOC(=O)N1CCC(NC(N)=NCCCC(=O)NC2CC2)CC1. The van der Waals surface area contributed by atoms with E-state index in [4.69, 9.17) is 10.5 Å². The quantitative estimate of drug-likeness (QED) is 0.357. The summed E-state index contributed by atoms with van der Waals surface area (Å²) in [5.74, 6) is 0.512. The van der Waals surface area contributed by atoms with Gasteiger partial charge in [0, 0.05) is 38.1 Å². The Bertz CT molecular complexity index is 457. The summed E-state index contributed by atoms with van der Waals surface area (Å²) >= 11 is 0. The van der Waals surface area contributed by atoms with Gasteiger partial charge in [-0.25, -0.2) is 4.79 Å². The van der Waals surface area contributed by atoms with Crippen LogP contribution in [0.3, 0.4) is 0 Å². The van der Waals surface area contributed by atoms with E-state index in [1.54, 1.807) is 11.8 Å². The number of guanidine groups is 1. The second kappa shape index (κ2) is 9.34. The summed E-state index contributed by atoms with van der Waals surface area (Å²) in [6, 6.07) is 0.630. The van der Waals surface area contributed by atoms with Crippen LogP contribution in [0.2, 0.25) is 0 Å². The number of hydrogen-bond donors (Lipinski definition) is 3. The van der Waals surface area contributed by atoms with Gasteiger partial charge >= 0.3 is 6.09 Å². The summed E-state index contributed by atoms with van der Waals surface area (Å²) in [6.07, 6.45) is 4.79. The Morgan fingerprint density at radius 2 is 1.83 bits per heavy atom. The van der Waals surface area contributed by atoms with Crippen molar-refractivity contribution in [3.05, 3.63) is 0 Å². The van der Waals surface area contributed by atoms with E-state index in [1.165, 1.54) is 0 Å². The van der Waals surface area contributed by atoms with Crippen molar-refractivity contribution in [3.8, 4) is 0 Å². The minimum absolute atomic E-state index is 0.102. The molecule has 4 N–H and O–H groups in total. The maximum absolute atomic E-state index is 11.6.